The molecule has 0 radical (unpaired) electrons. The summed E-state index contributed by atoms with van der Waals surface area (Å²) in [5.74, 6) is 0.433. The van der Waals surface area contributed by atoms with Gasteiger partial charge >= 0.3 is 6.09 Å². The van der Waals surface area contributed by atoms with Crippen molar-refractivity contribution < 1.29 is 19.5 Å². The van der Waals surface area contributed by atoms with E-state index < -0.39 is 11.6 Å². The Morgan fingerprint density at radius 2 is 1.62 bits per heavy atom. The van der Waals surface area contributed by atoms with Gasteiger partial charge in [-0.3, -0.25) is 14.6 Å². The summed E-state index contributed by atoms with van der Waals surface area (Å²) >= 11 is 0. The molecule has 222 valence electrons. The average molecular weight is 571 g/mol. The lowest BCUT2D eigenvalue weighted by molar-refractivity contribution is -0.136. The minimum Gasteiger partial charge on any atom is -0.465 e. The maximum atomic E-state index is 13.1. The number of nitrogens with one attached hydrogen (secondary N) is 2. The molecule has 1 fully saturated rings. The number of nitrogens with zero attached hydrogens (tertiary/aromatic N) is 2. The van der Waals surface area contributed by atoms with Crippen molar-refractivity contribution in [3.05, 3.63) is 72.4 Å². The van der Waals surface area contributed by atoms with Crippen molar-refractivity contribution in [2.45, 2.75) is 71.4 Å². The standard InChI is InChI=1S/C34H42N4O4/c1-22(2)32(40)38(5)28-17-11-23(12-18-28)19-30(39)36-27-20-29(24-9-7-6-8-10-24)31(35-21-27)25-13-15-26(16-14-25)34(3,4)37-33(41)42/h6-10,13-16,20-23,28,37H,11-12,17-19H2,1-5H3,(H,36,39)(H,41,42)/t23-,28-. The van der Waals surface area contributed by atoms with Crippen LogP contribution in [0.3, 0.4) is 0 Å². The molecule has 8 nitrogen and oxygen atoms in total. The second-order valence-electron chi connectivity index (χ2n) is 12.1. The number of rotatable bonds is 9. The Hall–Kier alpha value is -4.20. The molecule has 8 heteroatoms. The molecule has 4 rings (SSSR count). The van der Waals surface area contributed by atoms with Crippen molar-refractivity contribution in [3.8, 4) is 22.4 Å². The number of carbonyl (C=O) groups is 3. The average Bonchev–Trinajstić information content (AvgIpc) is 2.96. The highest BCUT2D eigenvalue weighted by Crippen LogP contribution is 2.34. The third-order valence-corrected chi connectivity index (χ3v) is 8.24. The smallest absolute Gasteiger partial charge is 0.405 e. The van der Waals surface area contributed by atoms with E-state index in [9.17, 15) is 19.5 Å². The highest BCUT2D eigenvalue weighted by Gasteiger charge is 2.28. The van der Waals surface area contributed by atoms with E-state index in [-0.39, 0.29) is 23.8 Å². The van der Waals surface area contributed by atoms with E-state index in [2.05, 4.69) is 10.6 Å². The molecule has 0 aliphatic heterocycles. The molecular weight excluding hydrogens is 528 g/mol. The SMILES string of the molecule is CC(C)C(=O)N(C)[C@H]1CC[C@H](CC(=O)Nc2cnc(-c3ccc(C(C)(C)NC(=O)O)cc3)c(-c3ccccc3)c2)CC1. The lowest BCUT2D eigenvalue weighted by atomic mass is 9.83. The number of hydrogen-bond acceptors (Lipinski definition) is 4. The first kappa shape index (κ1) is 30.8. The van der Waals surface area contributed by atoms with Crippen LogP contribution < -0.4 is 10.6 Å². The van der Waals surface area contributed by atoms with Crippen LogP contribution in [0, 0.1) is 11.8 Å². The van der Waals surface area contributed by atoms with Gasteiger partial charge in [-0.15, -0.1) is 0 Å². The molecule has 2 aromatic carbocycles. The van der Waals surface area contributed by atoms with Crippen LogP contribution in [0.4, 0.5) is 10.5 Å². The molecule has 1 aromatic heterocycles. The summed E-state index contributed by atoms with van der Waals surface area (Å²) in [6.45, 7) is 7.50. The summed E-state index contributed by atoms with van der Waals surface area (Å²) < 4.78 is 0. The molecule has 0 unspecified atom stereocenters. The lowest BCUT2D eigenvalue weighted by Gasteiger charge is -2.35. The molecule has 1 heterocycles. The van der Waals surface area contributed by atoms with Gasteiger partial charge < -0.3 is 20.6 Å². The minimum absolute atomic E-state index is 0.00750. The number of anilines is 1. The molecule has 1 aliphatic carbocycles. The van der Waals surface area contributed by atoms with Crippen LogP contribution in [0.1, 0.15) is 65.4 Å². The van der Waals surface area contributed by atoms with Crippen molar-refractivity contribution in [1.82, 2.24) is 15.2 Å². The van der Waals surface area contributed by atoms with Gasteiger partial charge in [-0.1, -0.05) is 68.4 Å². The molecular formula is C34H42N4O4. The summed E-state index contributed by atoms with van der Waals surface area (Å²) in [6.07, 6.45) is 4.75. The van der Waals surface area contributed by atoms with Crippen LogP contribution in [-0.4, -0.2) is 46.0 Å². The number of aromatic nitrogens is 1. The van der Waals surface area contributed by atoms with Crippen LogP contribution in [-0.2, 0) is 15.1 Å². The van der Waals surface area contributed by atoms with Gasteiger partial charge in [0, 0.05) is 36.6 Å². The Labute approximate surface area is 248 Å². The Kier molecular flexibility index (Phi) is 9.66. The van der Waals surface area contributed by atoms with E-state index >= 15 is 0 Å². The highest BCUT2D eigenvalue weighted by atomic mass is 16.4. The lowest BCUT2D eigenvalue weighted by Crippen LogP contribution is -2.41. The molecule has 3 N–H and O–H groups in total. The van der Waals surface area contributed by atoms with E-state index in [1.165, 1.54) is 0 Å². The van der Waals surface area contributed by atoms with E-state index in [0.29, 0.717) is 18.0 Å². The number of carboxylic acid groups (broad SMARTS) is 1. The zero-order valence-electron chi connectivity index (χ0n) is 25.2. The third kappa shape index (κ3) is 7.55. The number of pyridine rings is 1. The topological polar surface area (TPSA) is 112 Å². The Morgan fingerprint density at radius 1 is 0.976 bits per heavy atom. The van der Waals surface area contributed by atoms with Gasteiger partial charge in [0.2, 0.25) is 11.8 Å². The Bertz CT molecular complexity index is 1390. The third-order valence-electron chi connectivity index (χ3n) is 8.24. The molecule has 42 heavy (non-hydrogen) atoms. The molecule has 0 spiro atoms. The minimum atomic E-state index is -1.08. The van der Waals surface area contributed by atoms with Gasteiger partial charge in [-0.05, 0) is 62.6 Å². The molecule has 0 saturated heterocycles. The van der Waals surface area contributed by atoms with Crippen molar-refractivity contribution in [2.24, 2.45) is 11.8 Å². The summed E-state index contributed by atoms with van der Waals surface area (Å²) in [5.41, 5.74) is 4.27. The molecule has 3 amide bonds. The van der Waals surface area contributed by atoms with E-state index in [1.807, 2.05) is 100 Å². The van der Waals surface area contributed by atoms with Crippen molar-refractivity contribution in [3.63, 3.8) is 0 Å². The summed E-state index contributed by atoms with van der Waals surface area (Å²) in [4.78, 5) is 43.3. The second kappa shape index (κ2) is 13.2. The van der Waals surface area contributed by atoms with Crippen molar-refractivity contribution >= 4 is 23.6 Å². The monoisotopic (exact) mass is 570 g/mol. The Morgan fingerprint density at radius 3 is 2.21 bits per heavy atom. The maximum Gasteiger partial charge on any atom is 0.405 e. The zero-order valence-corrected chi connectivity index (χ0v) is 25.2. The van der Waals surface area contributed by atoms with Crippen LogP contribution in [0.2, 0.25) is 0 Å². The highest BCUT2D eigenvalue weighted by molar-refractivity contribution is 5.93. The van der Waals surface area contributed by atoms with Gasteiger partial charge in [0.05, 0.1) is 23.1 Å². The van der Waals surface area contributed by atoms with Gasteiger partial charge in [0.1, 0.15) is 0 Å². The van der Waals surface area contributed by atoms with E-state index in [4.69, 9.17) is 4.98 Å². The van der Waals surface area contributed by atoms with E-state index in [1.54, 1.807) is 6.20 Å². The van der Waals surface area contributed by atoms with Crippen LogP contribution in [0.5, 0.6) is 0 Å². The van der Waals surface area contributed by atoms with Gasteiger partial charge in [0.25, 0.3) is 0 Å². The number of hydrogen-bond donors (Lipinski definition) is 3. The maximum absolute atomic E-state index is 13.1. The van der Waals surface area contributed by atoms with Crippen LogP contribution >= 0.6 is 0 Å². The van der Waals surface area contributed by atoms with Gasteiger partial charge in [-0.2, -0.15) is 0 Å². The Balaban J connectivity index is 1.47. The van der Waals surface area contributed by atoms with Crippen LogP contribution in [0.15, 0.2) is 66.9 Å². The van der Waals surface area contributed by atoms with Gasteiger partial charge in [0.15, 0.2) is 0 Å². The fourth-order valence-corrected chi connectivity index (χ4v) is 5.78. The first-order valence-corrected chi connectivity index (χ1v) is 14.7. The first-order chi connectivity index (χ1) is 19.9. The molecule has 0 atom stereocenters. The van der Waals surface area contributed by atoms with Crippen molar-refractivity contribution in [1.29, 1.82) is 0 Å². The quantitative estimate of drug-likeness (QED) is 0.259. The van der Waals surface area contributed by atoms with Crippen LogP contribution in [0.25, 0.3) is 22.4 Å². The van der Waals surface area contributed by atoms with Crippen molar-refractivity contribution in [2.75, 3.05) is 12.4 Å². The first-order valence-electron chi connectivity index (χ1n) is 14.7. The molecule has 1 aliphatic rings. The number of benzene rings is 2. The largest absolute Gasteiger partial charge is 0.465 e. The molecule has 0 bridgehead atoms. The molecule has 1 saturated carbocycles. The van der Waals surface area contributed by atoms with E-state index in [0.717, 1.165) is 53.6 Å². The van der Waals surface area contributed by atoms with Gasteiger partial charge in [-0.25, -0.2) is 4.79 Å². The second-order valence-corrected chi connectivity index (χ2v) is 12.1. The fourth-order valence-electron chi connectivity index (χ4n) is 5.78. The fraction of sp³-hybridized carbons (Fsp3) is 0.412. The predicted octanol–water partition coefficient (Wildman–Crippen LogP) is 6.92. The summed E-state index contributed by atoms with van der Waals surface area (Å²) in [7, 11) is 1.90. The summed E-state index contributed by atoms with van der Waals surface area (Å²) in [5, 5.41) is 14.8. The summed E-state index contributed by atoms with van der Waals surface area (Å²) in [6, 6.07) is 19.8. The number of carbonyl (C=O) groups excluding carboxylic acids is 2. The zero-order chi connectivity index (χ0) is 30.4. The normalized spacial score (nSPS) is 17.0. The number of amides is 3. The molecule has 3 aromatic rings. The predicted molar refractivity (Wildman–Crippen MR) is 166 cm³/mol.